The Bertz CT molecular complexity index is 1160. The summed E-state index contributed by atoms with van der Waals surface area (Å²) in [4.78, 5) is 12.3. The summed E-state index contributed by atoms with van der Waals surface area (Å²) in [6.07, 6.45) is 0.561. The molecule has 9 heteroatoms. The molecule has 3 rings (SSSR count). The van der Waals surface area contributed by atoms with Gasteiger partial charge in [-0.3, -0.25) is 0 Å². The number of nitrogens with zero attached hydrogens (tertiary/aromatic N) is 6. The second-order valence-corrected chi connectivity index (χ2v) is 7.08. The van der Waals surface area contributed by atoms with Crippen LogP contribution in [0.4, 0.5) is 0 Å². The van der Waals surface area contributed by atoms with E-state index in [0.717, 1.165) is 16.7 Å². The molecule has 1 heterocycles. The van der Waals surface area contributed by atoms with E-state index in [2.05, 4.69) is 20.6 Å². The molecule has 0 saturated heterocycles. The van der Waals surface area contributed by atoms with E-state index in [9.17, 15) is 4.79 Å². The molecule has 3 aromatic rings. The molecule has 1 aromatic heterocycles. The molecule has 0 unspecified atom stereocenters. The number of halogens is 1. The Morgan fingerprint density at radius 3 is 2.57 bits per heavy atom. The minimum atomic E-state index is -0.328. The summed E-state index contributed by atoms with van der Waals surface area (Å²) in [5.41, 5.74) is 3.61. The molecule has 0 spiro atoms. The van der Waals surface area contributed by atoms with Crippen LogP contribution in [-0.4, -0.2) is 31.4 Å². The molecular weight excluding hydrogens is 404 g/mol. The first-order chi connectivity index (χ1) is 14.4. The minimum Gasteiger partial charge on any atom is -0.475 e. The maximum Gasteiger partial charge on any atom is 0.368 e. The molecule has 156 valence electrons. The second-order valence-electron chi connectivity index (χ2n) is 6.67. The number of aryl methyl sites for hydroxylation is 2. The largest absolute Gasteiger partial charge is 0.475 e. The van der Waals surface area contributed by atoms with Crippen molar-refractivity contribution in [2.24, 2.45) is 17.3 Å². The number of benzene rings is 2. The molecule has 0 aliphatic carbocycles. The van der Waals surface area contributed by atoms with Gasteiger partial charge in [-0.15, -0.1) is 5.10 Å². The predicted octanol–water partition coefficient (Wildman–Crippen LogP) is 3.68. The first-order valence-electron chi connectivity index (χ1n) is 9.49. The van der Waals surface area contributed by atoms with Crippen LogP contribution in [-0.2, 0) is 18.4 Å². The Hall–Kier alpha value is -3.26. The summed E-state index contributed by atoms with van der Waals surface area (Å²) in [7, 11) is 1.55. The van der Waals surface area contributed by atoms with Crippen LogP contribution in [0.5, 0.6) is 0 Å². The van der Waals surface area contributed by atoms with E-state index in [0.29, 0.717) is 28.7 Å². The van der Waals surface area contributed by atoms with Gasteiger partial charge in [0.15, 0.2) is 0 Å². The topological polar surface area (TPSA) is 86.7 Å². The molecule has 0 N–H and O–H groups in total. The van der Waals surface area contributed by atoms with Crippen molar-refractivity contribution in [3.63, 3.8) is 0 Å². The van der Waals surface area contributed by atoms with Gasteiger partial charge >= 0.3 is 5.69 Å². The van der Waals surface area contributed by atoms with Crippen LogP contribution in [0.1, 0.15) is 37.0 Å². The number of ether oxygens (including phenoxy) is 1. The van der Waals surface area contributed by atoms with E-state index < -0.39 is 0 Å². The molecule has 0 bridgehead atoms. The van der Waals surface area contributed by atoms with Gasteiger partial charge in [0.1, 0.15) is 6.61 Å². The number of hydrogen-bond donors (Lipinski definition) is 0. The third-order valence-corrected chi connectivity index (χ3v) is 4.93. The van der Waals surface area contributed by atoms with E-state index >= 15 is 0 Å². The monoisotopic (exact) mass is 426 g/mol. The molecular formula is C21H23ClN6O2. The second kappa shape index (κ2) is 9.49. The van der Waals surface area contributed by atoms with Crippen LogP contribution in [0.2, 0.25) is 5.02 Å². The maximum absolute atomic E-state index is 12.3. The lowest BCUT2D eigenvalue weighted by Gasteiger charge is -2.13. The van der Waals surface area contributed by atoms with Crippen molar-refractivity contribution in [1.29, 1.82) is 0 Å². The van der Waals surface area contributed by atoms with Crippen molar-refractivity contribution in [2.45, 2.75) is 33.8 Å². The average Bonchev–Trinajstić information content (AvgIpc) is 3.07. The van der Waals surface area contributed by atoms with Crippen molar-refractivity contribution in [3.8, 4) is 5.69 Å². The van der Waals surface area contributed by atoms with Gasteiger partial charge in [-0.1, -0.05) is 48.9 Å². The molecule has 0 atom stereocenters. The van der Waals surface area contributed by atoms with E-state index in [1.165, 1.54) is 9.36 Å². The number of rotatable bonds is 6. The number of hydrogen-bond acceptors (Lipinski definition) is 6. The SMILES string of the molecule is CCC(=NN=C(C)c1ccccc1Cl)OCc1c(C)cccc1-n1nnn(C)c1=O. The van der Waals surface area contributed by atoms with Crippen LogP contribution in [0, 0.1) is 6.92 Å². The van der Waals surface area contributed by atoms with Crippen LogP contribution < -0.4 is 5.69 Å². The van der Waals surface area contributed by atoms with Gasteiger partial charge in [0.2, 0.25) is 5.90 Å². The first kappa shape index (κ1) is 21.4. The highest BCUT2D eigenvalue weighted by Crippen LogP contribution is 2.19. The lowest BCUT2D eigenvalue weighted by Crippen LogP contribution is -2.23. The van der Waals surface area contributed by atoms with Crippen LogP contribution in [0.3, 0.4) is 0 Å². The van der Waals surface area contributed by atoms with Crippen molar-refractivity contribution in [2.75, 3.05) is 0 Å². The van der Waals surface area contributed by atoms with Gasteiger partial charge in [-0.05, 0) is 42.0 Å². The zero-order valence-electron chi connectivity index (χ0n) is 17.3. The van der Waals surface area contributed by atoms with Crippen molar-refractivity contribution in [3.05, 3.63) is 74.7 Å². The molecule has 0 fully saturated rings. The summed E-state index contributed by atoms with van der Waals surface area (Å²) in [5.74, 6) is 0.474. The summed E-state index contributed by atoms with van der Waals surface area (Å²) >= 11 is 6.22. The molecule has 0 amide bonds. The van der Waals surface area contributed by atoms with E-state index in [4.69, 9.17) is 16.3 Å². The fourth-order valence-corrected chi connectivity index (χ4v) is 3.11. The van der Waals surface area contributed by atoms with Gasteiger partial charge < -0.3 is 4.74 Å². The number of aromatic nitrogens is 4. The van der Waals surface area contributed by atoms with Gasteiger partial charge in [0.05, 0.1) is 11.4 Å². The van der Waals surface area contributed by atoms with Crippen LogP contribution >= 0.6 is 11.6 Å². The van der Waals surface area contributed by atoms with Gasteiger partial charge in [-0.2, -0.15) is 14.5 Å². The Morgan fingerprint density at radius 1 is 1.13 bits per heavy atom. The van der Waals surface area contributed by atoms with E-state index in [-0.39, 0.29) is 12.3 Å². The standard InChI is InChI=1S/C21H23ClN6O2/c1-5-20(24-23-15(3)16-10-6-7-11-18(16)22)30-13-17-14(2)9-8-12-19(17)28-21(29)27(4)25-26-28/h6-12H,5,13H2,1-4H3. The molecule has 8 nitrogen and oxygen atoms in total. The molecule has 0 aliphatic rings. The maximum atomic E-state index is 12.3. The smallest absolute Gasteiger partial charge is 0.368 e. The minimum absolute atomic E-state index is 0.221. The number of tetrazole rings is 1. The van der Waals surface area contributed by atoms with Crippen molar-refractivity contribution >= 4 is 23.2 Å². The zero-order valence-corrected chi connectivity index (χ0v) is 18.1. The van der Waals surface area contributed by atoms with E-state index in [1.807, 2.05) is 63.2 Å². The highest BCUT2D eigenvalue weighted by Gasteiger charge is 2.14. The lowest BCUT2D eigenvalue weighted by molar-refractivity contribution is 0.282. The highest BCUT2D eigenvalue weighted by molar-refractivity contribution is 6.34. The third-order valence-electron chi connectivity index (χ3n) is 4.60. The summed E-state index contributed by atoms with van der Waals surface area (Å²) in [6.45, 7) is 5.95. The Kier molecular flexibility index (Phi) is 6.79. The molecule has 0 aliphatic heterocycles. The van der Waals surface area contributed by atoms with Crippen LogP contribution in [0.25, 0.3) is 5.69 Å². The molecule has 30 heavy (non-hydrogen) atoms. The molecule has 2 aromatic carbocycles. The Balaban J connectivity index is 1.84. The van der Waals surface area contributed by atoms with Crippen molar-refractivity contribution < 1.29 is 4.74 Å². The van der Waals surface area contributed by atoms with Crippen molar-refractivity contribution in [1.82, 2.24) is 19.8 Å². The summed E-state index contributed by atoms with van der Waals surface area (Å²) < 4.78 is 8.36. The van der Waals surface area contributed by atoms with E-state index in [1.54, 1.807) is 7.05 Å². The summed E-state index contributed by atoms with van der Waals surface area (Å²) in [5, 5.41) is 16.9. The van der Waals surface area contributed by atoms with Gasteiger partial charge in [0, 0.05) is 29.6 Å². The van der Waals surface area contributed by atoms with Crippen LogP contribution in [0.15, 0.2) is 57.5 Å². The highest BCUT2D eigenvalue weighted by atomic mass is 35.5. The molecule has 0 saturated carbocycles. The molecule has 0 radical (unpaired) electrons. The average molecular weight is 427 g/mol. The predicted molar refractivity (Wildman–Crippen MR) is 118 cm³/mol. The Labute approximate surface area is 179 Å². The van der Waals surface area contributed by atoms with Gasteiger partial charge in [0.25, 0.3) is 0 Å². The third kappa shape index (κ3) is 4.65. The van der Waals surface area contributed by atoms with Gasteiger partial charge in [-0.25, -0.2) is 4.79 Å². The lowest BCUT2D eigenvalue weighted by atomic mass is 10.1. The normalized spacial score (nSPS) is 12.3. The quantitative estimate of drug-likeness (QED) is 0.342. The summed E-state index contributed by atoms with van der Waals surface area (Å²) in [6, 6.07) is 13.1. The zero-order chi connectivity index (χ0) is 21.7. The Morgan fingerprint density at radius 2 is 1.90 bits per heavy atom. The fourth-order valence-electron chi connectivity index (χ4n) is 2.83. The first-order valence-corrected chi connectivity index (χ1v) is 9.86. The fraction of sp³-hybridized carbons (Fsp3) is 0.286.